The number of rotatable bonds is 5. The van der Waals surface area contributed by atoms with E-state index in [-0.39, 0.29) is 24.3 Å². The molecule has 0 spiro atoms. The Morgan fingerprint density at radius 3 is 2.41 bits per heavy atom. The van der Waals surface area contributed by atoms with Crippen LogP contribution in [0.2, 0.25) is 0 Å². The largest absolute Gasteiger partial charge is 0.416 e. The zero-order chi connectivity index (χ0) is 22.9. The summed E-state index contributed by atoms with van der Waals surface area (Å²) in [5, 5.41) is 2.66. The van der Waals surface area contributed by atoms with Crippen LogP contribution in [0.1, 0.15) is 31.2 Å². The maximum absolute atomic E-state index is 13.3. The lowest BCUT2D eigenvalue weighted by Crippen LogP contribution is -2.31. The van der Waals surface area contributed by atoms with Crippen LogP contribution >= 0.6 is 0 Å². The molecule has 4 rings (SSSR count). The van der Waals surface area contributed by atoms with E-state index in [1.807, 2.05) is 23.1 Å². The SMILES string of the molecule is Cn1c(=O)n(CCC(=O)Nc2cc(C(F)(F)F)ccc2N2CCCCC2)c2ccccc21. The van der Waals surface area contributed by atoms with E-state index in [2.05, 4.69) is 5.32 Å². The third kappa shape index (κ3) is 4.37. The first kappa shape index (κ1) is 22.0. The van der Waals surface area contributed by atoms with E-state index in [9.17, 15) is 22.8 Å². The number of carbonyl (C=O) groups excluding carboxylic acids is 1. The van der Waals surface area contributed by atoms with E-state index >= 15 is 0 Å². The third-order valence-corrected chi connectivity index (χ3v) is 5.91. The summed E-state index contributed by atoms with van der Waals surface area (Å²) in [5.41, 5.74) is 1.15. The highest BCUT2D eigenvalue weighted by Crippen LogP contribution is 2.36. The Morgan fingerprint density at radius 1 is 1.03 bits per heavy atom. The molecule has 0 radical (unpaired) electrons. The number of hydrogen-bond donors (Lipinski definition) is 1. The molecule has 3 aromatic rings. The smallest absolute Gasteiger partial charge is 0.370 e. The van der Waals surface area contributed by atoms with Crippen molar-refractivity contribution in [2.24, 2.45) is 7.05 Å². The van der Waals surface area contributed by atoms with Crippen molar-refractivity contribution >= 4 is 28.3 Å². The number of hydrogen-bond acceptors (Lipinski definition) is 3. The Hall–Kier alpha value is -3.23. The Bertz CT molecular complexity index is 1190. The molecule has 0 unspecified atom stereocenters. The van der Waals surface area contributed by atoms with Crippen molar-refractivity contribution in [1.29, 1.82) is 0 Å². The summed E-state index contributed by atoms with van der Waals surface area (Å²) < 4.78 is 42.8. The van der Waals surface area contributed by atoms with Gasteiger partial charge in [-0.25, -0.2) is 4.79 Å². The number of anilines is 2. The zero-order valence-corrected chi connectivity index (χ0v) is 17.8. The molecule has 1 aliphatic heterocycles. The van der Waals surface area contributed by atoms with Crippen LogP contribution in [0, 0.1) is 0 Å². The lowest BCUT2D eigenvalue weighted by Gasteiger charge is -2.31. The molecule has 1 fully saturated rings. The van der Waals surface area contributed by atoms with Crippen LogP contribution in [0.3, 0.4) is 0 Å². The normalized spacial score (nSPS) is 14.7. The molecule has 1 amide bonds. The van der Waals surface area contributed by atoms with E-state index in [0.29, 0.717) is 11.2 Å². The van der Waals surface area contributed by atoms with Gasteiger partial charge in [0.25, 0.3) is 0 Å². The van der Waals surface area contributed by atoms with Gasteiger partial charge in [0.1, 0.15) is 0 Å². The van der Waals surface area contributed by atoms with Crippen LogP contribution in [0.5, 0.6) is 0 Å². The summed E-state index contributed by atoms with van der Waals surface area (Å²) in [7, 11) is 1.66. The number of nitrogens with one attached hydrogen (secondary N) is 1. The number of imidazole rings is 1. The first-order valence-electron chi connectivity index (χ1n) is 10.7. The van der Waals surface area contributed by atoms with Gasteiger partial charge in [-0.1, -0.05) is 12.1 Å². The summed E-state index contributed by atoms with van der Waals surface area (Å²) in [6, 6.07) is 10.7. The van der Waals surface area contributed by atoms with Gasteiger partial charge in [-0.05, 0) is 49.6 Å². The predicted octanol–water partition coefficient (Wildman–Crippen LogP) is 4.38. The molecule has 170 valence electrons. The minimum absolute atomic E-state index is 0.0381. The highest BCUT2D eigenvalue weighted by Gasteiger charge is 2.32. The van der Waals surface area contributed by atoms with Gasteiger partial charge in [0.05, 0.1) is 28.0 Å². The van der Waals surface area contributed by atoms with Crippen molar-refractivity contribution in [3.05, 3.63) is 58.5 Å². The van der Waals surface area contributed by atoms with Crippen molar-refractivity contribution in [2.45, 2.75) is 38.4 Å². The fourth-order valence-electron chi connectivity index (χ4n) is 4.23. The van der Waals surface area contributed by atoms with E-state index in [4.69, 9.17) is 0 Å². The predicted molar refractivity (Wildman–Crippen MR) is 118 cm³/mol. The zero-order valence-electron chi connectivity index (χ0n) is 17.8. The van der Waals surface area contributed by atoms with Crippen molar-refractivity contribution in [3.8, 4) is 0 Å². The van der Waals surface area contributed by atoms with Crippen LogP contribution < -0.4 is 15.9 Å². The number of alkyl halides is 3. The number of piperidine rings is 1. The number of aromatic nitrogens is 2. The number of benzene rings is 2. The summed E-state index contributed by atoms with van der Waals surface area (Å²) >= 11 is 0. The van der Waals surface area contributed by atoms with Gasteiger partial charge < -0.3 is 10.2 Å². The number of halogens is 3. The van der Waals surface area contributed by atoms with Gasteiger partial charge in [-0.3, -0.25) is 13.9 Å². The molecule has 0 atom stereocenters. The Balaban J connectivity index is 1.56. The van der Waals surface area contributed by atoms with E-state index in [0.717, 1.165) is 50.0 Å². The summed E-state index contributed by atoms with van der Waals surface area (Å²) in [5.74, 6) is -0.442. The molecule has 1 saturated heterocycles. The topological polar surface area (TPSA) is 59.3 Å². The van der Waals surface area contributed by atoms with Gasteiger partial charge >= 0.3 is 11.9 Å². The van der Waals surface area contributed by atoms with Crippen LogP contribution in [-0.2, 0) is 24.6 Å². The molecule has 1 aromatic heterocycles. The number of carbonyl (C=O) groups is 1. The monoisotopic (exact) mass is 446 g/mol. The molecule has 0 saturated carbocycles. The maximum Gasteiger partial charge on any atom is 0.416 e. The number of aryl methyl sites for hydroxylation is 2. The Labute approximate surface area is 183 Å². The molecule has 0 aliphatic carbocycles. The van der Waals surface area contributed by atoms with Crippen molar-refractivity contribution < 1.29 is 18.0 Å². The van der Waals surface area contributed by atoms with Crippen LogP contribution in [0.25, 0.3) is 11.0 Å². The Morgan fingerprint density at radius 2 is 1.72 bits per heavy atom. The lowest BCUT2D eigenvalue weighted by atomic mass is 10.1. The molecule has 1 N–H and O–H groups in total. The third-order valence-electron chi connectivity index (χ3n) is 5.91. The molecular weight excluding hydrogens is 421 g/mol. The van der Waals surface area contributed by atoms with E-state index in [1.165, 1.54) is 15.2 Å². The molecular formula is C23H25F3N4O2. The molecule has 1 aliphatic rings. The molecule has 6 nitrogen and oxygen atoms in total. The second kappa shape index (κ2) is 8.72. The highest BCUT2D eigenvalue weighted by molar-refractivity contribution is 5.94. The first-order chi connectivity index (χ1) is 15.3. The quantitative estimate of drug-likeness (QED) is 0.633. The number of para-hydroxylation sites is 2. The fourth-order valence-corrected chi connectivity index (χ4v) is 4.23. The summed E-state index contributed by atoms with van der Waals surface area (Å²) in [6.45, 7) is 1.60. The average molecular weight is 446 g/mol. The van der Waals surface area contributed by atoms with Crippen molar-refractivity contribution in [1.82, 2.24) is 9.13 Å². The molecule has 32 heavy (non-hydrogen) atoms. The minimum Gasteiger partial charge on any atom is -0.370 e. The fraction of sp³-hybridized carbons (Fsp3) is 0.391. The highest BCUT2D eigenvalue weighted by atomic mass is 19.4. The number of nitrogens with zero attached hydrogens (tertiary/aromatic N) is 3. The number of fused-ring (bicyclic) bond motifs is 1. The van der Waals surface area contributed by atoms with Crippen molar-refractivity contribution in [3.63, 3.8) is 0 Å². The molecule has 0 bridgehead atoms. The summed E-state index contributed by atoms with van der Waals surface area (Å²) in [4.78, 5) is 27.2. The van der Waals surface area contributed by atoms with Crippen LogP contribution in [-0.4, -0.2) is 28.1 Å². The second-order valence-electron chi connectivity index (χ2n) is 8.06. The molecule has 2 heterocycles. The summed E-state index contributed by atoms with van der Waals surface area (Å²) in [6.07, 6.45) is -1.55. The second-order valence-corrected chi connectivity index (χ2v) is 8.06. The molecule has 9 heteroatoms. The van der Waals surface area contributed by atoms with Gasteiger partial charge in [0.2, 0.25) is 5.91 Å². The lowest BCUT2D eigenvalue weighted by molar-refractivity contribution is -0.137. The first-order valence-corrected chi connectivity index (χ1v) is 10.7. The van der Waals surface area contributed by atoms with Crippen LogP contribution in [0.4, 0.5) is 24.5 Å². The maximum atomic E-state index is 13.3. The van der Waals surface area contributed by atoms with E-state index in [1.54, 1.807) is 13.1 Å². The van der Waals surface area contributed by atoms with Gasteiger partial charge in [0.15, 0.2) is 0 Å². The van der Waals surface area contributed by atoms with Gasteiger partial charge in [-0.15, -0.1) is 0 Å². The minimum atomic E-state index is -4.50. The Kier molecular flexibility index (Phi) is 5.99. The molecule has 2 aromatic carbocycles. The van der Waals surface area contributed by atoms with Crippen molar-refractivity contribution in [2.75, 3.05) is 23.3 Å². The number of amides is 1. The van der Waals surface area contributed by atoms with Gasteiger partial charge in [0, 0.05) is 33.1 Å². The standard InChI is InChI=1S/C23H25F3N4O2/c1-28-19-7-3-4-8-20(19)30(22(28)32)14-11-21(31)27-17-15-16(23(24,25)26)9-10-18(17)29-12-5-2-6-13-29/h3-4,7-10,15H,2,5-6,11-14H2,1H3,(H,27,31). The van der Waals surface area contributed by atoms with Crippen LogP contribution in [0.15, 0.2) is 47.3 Å². The van der Waals surface area contributed by atoms with E-state index < -0.39 is 17.6 Å². The van der Waals surface area contributed by atoms with Gasteiger partial charge in [-0.2, -0.15) is 13.2 Å². The average Bonchev–Trinajstić information content (AvgIpc) is 3.02.